The van der Waals surface area contributed by atoms with E-state index >= 15 is 0 Å². The molecule has 0 aliphatic heterocycles. The molecule has 0 aromatic heterocycles. The second-order valence-corrected chi connectivity index (χ2v) is 7.64. The number of nitrogens with one attached hydrogen (secondary N) is 2. The quantitative estimate of drug-likeness (QED) is 0.535. The van der Waals surface area contributed by atoms with Crippen LogP contribution in [0, 0.1) is 19.7 Å². The van der Waals surface area contributed by atoms with Crippen LogP contribution in [-0.2, 0) is 4.79 Å². The molecule has 2 N–H and O–H groups in total. The predicted octanol–water partition coefficient (Wildman–Crippen LogP) is 5.43. The molecule has 0 saturated carbocycles. The molecule has 0 atom stereocenters. The van der Waals surface area contributed by atoms with Crippen LogP contribution in [0.5, 0.6) is 0 Å². The van der Waals surface area contributed by atoms with E-state index in [1.165, 1.54) is 36.0 Å². The first-order valence-electron chi connectivity index (χ1n) is 9.08. The van der Waals surface area contributed by atoms with Crippen molar-refractivity contribution in [2.75, 3.05) is 16.4 Å². The molecule has 0 saturated heterocycles. The minimum absolute atomic E-state index is 0.0684. The van der Waals surface area contributed by atoms with Gasteiger partial charge in [0.2, 0.25) is 5.91 Å². The SMILES string of the molecule is Cc1cccc(C)c1NC(=O)CSc1ccc(NC(=O)c2ccc(F)cc2)cc1. The van der Waals surface area contributed by atoms with Crippen molar-refractivity contribution in [1.29, 1.82) is 0 Å². The number of hydrogen-bond acceptors (Lipinski definition) is 3. The molecule has 3 aromatic rings. The number of anilines is 2. The Morgan fingerprint density at radius 1 is 0.862 bits per heavy atom. The summed E-state index contributed by atoms with van der Waals surface area (Å²) in [5, 5.41) is 5.73. The van der Waals surface area contributed by atoms with Crippen LogP contribution in [0.15, 0.2) is 71.6 Å². The lowest BCUT2D eigenvalue weighted by atomic mass is 10.1. The van der Waals surface area contributed by atoms with Crippen molar-refractivity contribution < 1.29 is 14.0 Å². The van der Waals surface area contributed by atoms with Crippen LogP contribution in [0.1, 0.15) is 21.5 Å². The van der Waals surface area contributed by atoms with Gasteiger partial charge in [-0.15, -0.1) is 11.8 Å². The van der Waals surface area contributed by atoms with E-state index in [0.29, 0.717) is 11.3 Å². The van der Waals surface area contributed by atoms with E-state index in [-0.39, 0.29) is 23.4 Å². The summed E-state index contributed by atoms with van der Waals surface area (Å²) in [6.45, 7) is 3.93. The van der Waals surface area contributed by atoms with Gasteiger partial charge in [0.15, 0.2) is 0 Å². The topological polar surface area (TPSA) is 58.2 Å². The summed E-state index contributed by atoms with van der Waals surface area (Å²) in [5.74, 6) is -0.473. The van der Waals surface area contributed by atoms with Gasteiger partial charge < -0.3 is 10.6 Å². The summed E-state index contributed by atoms with van der Waals surface area (Å²) >= 11 is 1.42. The van der Waals surface area contributed by atoms with E-state index in [2.05, 4.69) is 10.6 Å². The fourth-order valence-corrected chi connectivity index (χ4v) is 3.47. The Kier molecular flexibility index (Phi) is 6.67. The molecule has 2 amide bonds. The van der Waals surface area contributed by atoms with Crippen molar-refractivity contribution in [2.24, 2.45) is 0 Å². The number of amides is 2. The molecule has 0 radical (unpaired) electrons. The maximum Gasteiger partial charge on any atom is 0.255 e. The van der Waals surface area contributed by atoms with Crippen LogP contribution in [0.4, 0.5) is 15.8 Å². The summed E-state index contributed by atoms with van der Waals surface area (Å²) in [6.07, 6.45) is 0. The number of aryl methyl sites for hydroxylation is 2. The fourth-order valence-electron chi connectivity index (χ4n) is 2.78. The fraction of sp³-hybridized carbons (Fsp3) is 0.130. The van der Waals surface area contributed by atoms with Crippen LogP contribution in [-0.4, -0.2) is 17.6 Å². The number of thioether (sulfide) groups is 1. The highest BCUT2D eigenvalue weighted by Gasteiger charge is 2.09. The molecule has 4 nitrogen and oxygen atoms in total. The van der Waals surface area contributed by atoms with Crippen molar-refractivity contribution in [2.45, 2.75) is 18.7 Å². The Hall–Kier alpha value is -3.12. The molecule has 0 aliphatic rings. The number of halogens is 1. The van der Waals surface area contributed by atoms with Crippen LogP contribution in [0.25, 0.3) is 0 Å². The first-order valence-corrected chi connectivity index (χ1v) is 10.1. The highest BCUT2D eigenvalue weighted by molar-refractivity contribution is 8.00. The van der Waals surface area contributed by atoms with Gasteiger partial charge in [0.05, 0.1) is 5.75 Å². The van der Waals surface area contributed by atoms with E-state index < -0.39 is 0 Å². The third kappa shape index (κ3) is 5.68. The van der Waals surface area contributed by atoms with Crippen LogP contribution in [0.3, 0.4) is 0 Å². The van der Waals surface area contributed by atoms with E-state index in [0.717, 1.165) is 21.7 Å². The summed E-state index contributed by atoms with van der Waals surface area (Å²) in [7, 11) is 0. The zero-order valence-electron chi connectivity index (χ0n) is 16.2. The Labute approximate surface area is 173 Å². The van der Waals surface area contributed by atoms with E-state index in [9.17, 15) is 14.0 Å². The highest BCUT2D eigenvalue weighted by atomic mass is 32.2. The normalized spacial score (nSPS) is 10.4. The minimum atomic E-state index is -0.385. The number of carbonyl (C=O) groups is 2. The first-order chi connectivity index (χ1) is 13.9. The lowest BCUT2D eigenvalue weighted by Crippen LogP contribution is -2.15. The van der Waals surface area contributed by atoms with Gasteiger partial charge in [-0.25, -0.2) is 4.39 Å². The number of carbonyl (C=O) groups excluding carboxylic acids is 2. The Bertz CT molecular complexity index is 998. The average Bonchev–Trinajstić information content (AvgIpc) is 2.71. The molecular weight excluding hydrogens is 387 g/mol. The predicted molar refractivity (Wildman–Crippen MR) is 116 cm³/mol. The standard InChI is InChI=1S/C23H21FN2O2S/c1-15-4-3-5-16(2)22(15)26-21(27)14-29-20-12-10-19(11-13-20)25-23(28)17-6-8-18(24)9-7-17/h3-13H,14H2,1-2H3,(H,25,28)(H,26,27). The van der Waals surface area contributed by atoms with Crippen molar-refractivity contribution in [3.05, 3.63) is 89.2 Å². The summed E-state index contributed by atoms with van der Waals surface area (Å²) in [5.41, 5.74) is 3.93. The van der Waals surface area contributed by atoms with E-state index in [1.54, 1.807) is 12.1 Å². The number of rotatable bonds is 6. The van der Waals surface area contributed by atoms with Crippen LogP contribution < -0.4 is 10.6 Å². The third-order valence-corrected chi connectivity index (χ3v) is 5.35. The van der Waals surface area contributed by atoms with Crippen molar-refractivity contribution in [3.63, 3.8) is 0 Å². The van der Waals surface area contributed by atoms with Gasteiger partial charge in [-0.1, -0.05) is 18.2 Å². The van der Waals surface area contributed by atoms with Gasteiger partial charge in [-0.05, 0) is 73.5 Å². The largest absolute Gasteiger partial charge is 0.325 e. The lowest BCUT2D eigenvalue weighted by molar-refractivity contribution is -0.113. The number of hydrogen-bond donors (Lipinski definition) is 2. The Morgan fingerprint density at radius 3 is 2.10 bits per heavy atom. The Balaban J connectivity index is 1.53. The van der Waals surface area contributed by atoms with Gasteiger partial charge >= 0.3 is 0 Å². The smallest absolute Gasteiger partial charge is 0.255 e. The van der Waals surface area contributed by atoms with Gasteiger partial charge in [0.1, 0.15) is 5.82 Å². The minimum Gasteiger partial charge on any atom is -0.325 e. The third-order valence-electron chi connectivity index (χ3n) is 4.33. The molecule has 6 heteroatoms. The van der Waals surface area contributed by atoms with Crippen molar-refractivity contribution >= 4 is 35.0 Å². The molecule has 29 heavy (non-hydrogen) atoms. The molecule has 0 spiro atoms. The second kappa shape index (κ2) is 9.39. The maximum absolute atomic E-state index is 12.9. The monoisotopic (exact) mass is 408 g/mol. The molecule has 0 aliphatic carbocycles. The van der Waals surface area contributed by atoms with Crippen molar-refractivity contribution in [1.82, 2.24) is 0 Å². The van der Waals surface area contributed by atoms with Gasteiger partial charge in [-0.3, -0.25) is 9.59 Å². The average molecular weight is 408 g/mol. The zero-order chi connectivity index (χ0) is 20.8. The van der Waals surface area contributed by atoms with Gasteiger partial charge in [0, 0.05) is 21.8 Å². The maximum atomic E-state index is 12.9. The van der Waals surface area contributed by atoms with Gasteiger partial charge in [0.25, 0.3) is 5.91 Å². The van der Waals surface area contributed by atoms with Crippen molar-refractivity contribution in [3.8, 4) is 0 Å². The molecule has 0 fully saturated rings. The second-order valence-electron chi connectivity index (χ2n) is 6.59. The summed E-state index contributed by atoms with van der Waals surface area (Å²) < 4.78 is 12.9. The molecule has 148 valence electrons. The summed E-state index contributed by atoms with van der Waals surface area (Å²) in [6, 6.07) is 18.5. The molecule has 0 bridgehead atoms. The molecule has 0 unspecified atom stereocenters. The van der Waals surface area contributed by atoms with E-state index in [1.807, 2.05) is 44.2 Å². The summed E-state index contributed by atoms with van der Waals surface area (Å²) in [4.78, 5) is 25.3. The number of para-hydroxylation sites is 1. The number of benzene rings is 3. The lowest BCUT2D eigenvalue weighted by Gasteiger charge is -2.11. The molecule has 0 heterocycles. The van der Waals surface area contributed by atoms with Crippen LogP contribution >= 0.6 is 11.8 Å². The first kappa shape index (κ1) is 20.6. The Morgan fingerprint density at radius 2 is 1.48 bits per heavy atom. The molecule has 3 rings (SSSR count). The highest BCUT2D eigenvalue weighted by Crippen LogP contribution is 2.23. The van der Waals surface area contributed by atoms with Crippen LogP contribution in [0.2, 0.25) is 0 Å². The van der Waals surface area contributed by atoms with E-state index in [4.69, 9.17) is 0 Å². The zero-order valence-corrected chi connectivity index (χ0v) is 17.0. The molecule has 3 aromatic carbocycles. The molecular formula is C23H21FN2O2S. The van der Waals surface area contributed by atoms with Gasteiger partial charge in [-0.2, -0.15) is 0 Å².